The van der Waals surface area contributed by atoms with Crippen molar-refractivity contribution in [3.63, 3.8) is 0 Å². The number of amides is 3. The number of benzene rings is 3. The molecule has 3 aromatic rings. The zero-order chi connectivity index (χ0) is 34.9. The van der Waals surface area contributed by atoms with Gasteiger partial charge in [0.1, 0.15) is 11.9 Å². The molecule has 0 radical (unpaired) electrons. The summed E-state index contributed by atoms with van der Waals surface area (Å²) in [5.74, 6) is 0.0542. The number of aliphatic hydroxyl groups is 1. The highest BCUT2D eigenvalue weighted by molar-refractivity contribution is 5.94. The Hall–Kier alpha value is -4.45. The highest BCUT2D eigenvalue weighted by Crippen LogP contribution is 2.33. The number of nitrogens with zero attached hydrogens (tertiary/aromatic N) is 1. The lowest BCUT2D eigenvalue weighted by atomic mass is 9.93. The van der Waals surface area contributed by atoms with Crippen molar-refractivity contribution in [2.75, 3.05) is 33.9 Å². The number of hydrogen-bond acceptors (Lipinski definition) is 8. The van der Waals surface area contributed by atoms with Crippen LogP contribution in [0.2, 0.25) is 0 Å². The maximum Gasteiger partial charge on any atom is 0.407 e. The van der Waals surface area contributed by atoms with E-state index in [1.807, 2.05) is 74.5 Å². The normalized spacial score (nSPS) is 20.1. The molecule has 6 atom stereocenters. The molecule has 3 aromatic carbocycles. The third kappa shape index (κ3) is 9.81. The van der Waals surface area contributed by atoms with Crippen LogP contribution in [0, 0.1) is 19.8 Å². The van der Waals surface area contributed by atoms with Gasteiger partial charge in [0, 0.05) is 25.7 Å². The van der Waals surface area contributed by atoms with E-state index >= 15 is 0 Å². The third-order valence-corrected chi connectivity index (χ3v) is 8.99. The van der Waals surface area contributed by atoms with Gasteiger partial charge in [0.25, 0.3) is 11.8 Å². The quantitative estimate of drug-likeness (QED) is 0.234. The minimum Gasteiger partial charge on any atom is -0.483 e. The second kappa shape index (κ2) is 16.8. The first kappa shape index (κ1) is 35.8. The van der Waals surface area contributed by atoms with E-state index in [-0.39, 0.29) is 43.7 Å². The highest BCUT2D eigenvalue weighted by atomic mass is 16.7. The minimum absolute atomic E-state index is 0.0121. The van der Waals surface area contributed by atoms with Crippen LogP contribution in [0.15, 0.2) is 72.8 Å². The number of carbonyl (C=O) groups excluding carboxylic acids is 3. The van der Waals surface area contributed by atoms with Gasteiger partial charge >= 0.3 is 6.09 Å². The van der Waals surface area contributed by atoms with Crippen LogP contribution in [0.3, 0.4) is 0 Å². The molecule has 2 aliphatic heterocycles. The lowest BCUT2D eigenvalue weighted by molar-refractivity contribution is -0.124. The summed E-state index contributed by atoms with van der Waals surface area (Å²) in [6.45, 7) is 4.25. The van der Waals surface area contributed by atoms with Crippen molar-refractivity contribution in [1.29, 1.82) is 0 Å². The van der Waals surface area contributed by atoms with Crippen LogP contribution >= 0.6 is 0 Å². The standard InChI is InChI=1S/C38H47N3O8/c1-24-17-28(36(44)41(3)4)18-25(2)35(24)47-23-34(43)39-29(19-26-11-7-5-8-12-26)21-32(42)31(20-27-13-9-6-10-14-27)40-38(45)49-33-22-48-37-30(33)15-16-46-37/h5-14,17-18,29-33,37,42H,15-16,19-23H2,1-4H3,(H,39,43)(H,40,45)/t29-,30-,31-,32-,33-,37+/m0/s1. The maximum absolute atomic E-state index is 13.3. The average Bonchev–Trinajstić information content (AvgIpc) is 3.69. The molecule has 0 saturated carbocycles. The zero-order valence-electron chi connectivity index (χ0n) is 28.6. The Kier molecular flexibility index (Phi) is 12.3. The molecular weight excluding hydrogens is 626 g/mol. The van der Waals surface area contributed by atoms with Crippen LogP contribution in [0.25, 0.3) is 0 Å². The summed E-state index contributed by atoms with van der Waals surface area (Å²) >= 11 is 0. The van der Waals surface area contributed by atoms with Gasteiger partial charge in [-0.15, -0.1) is 0 Å². The summed E-state index contributed by atoms with van der Waals surface area (Å²) in [6, 6.07) is 21.6. The van der Waals surface area contributed by atoms with E-state index in [1.165, 1.54) is 4.90 Å². The number of aliphatic hydroxyl groups excluding tert-OH is 1. The van der Waals surface area contributed by atoms with Crippen LogP contribution in [0.4, 0.5) is 4.79 Å². The Balaban J connectivity index is 1.26. The fourth-order valence-electron chi connectivity index (χ4n) is 6.54. The molecule has 11 nitrogen and oxygen atoms in total. The lowest BCUT2D eigenvalue weighted by Gasteiger charge is -2.29. The fourth-order valence-corrected chi connectivity index (χ4v) is 6.54. The SMILES string of the molecule is Cc1cc(C(=O)N(C)C)cc(C)c1OCC(=O)N[C@@H](Cc1ccccc1)C[C@H](O)[C@H](Cc1ccccc1)NC(=O)O[C@H]1CO[C@H]2OCC[C@H]21. The molecule has 11 heteroatoms. The second-order valence-electron chi connectivity index (χ2n) is 13.1. The van der Waals surface area contributed by atoms with Crippen LogP contribution in [0.5, 0.6) is 5.75 Å². The van der Waals surface area contributed by atoms with Crippen LogP contribution < -0.4 is 15.4 Å². The van der Waals surface area contributed by atoms with Crippen LogP contribution in [-0.2, 0) is 31.8 Å². The molecule has 5 rings (SSSR count). The Morgan fingerprint density at radius 1 is 0.918 bits per heavy atom. The Morgan fingerprint density at radius 3 is 2.18 bits per heavy atom. The first-order chi connectivity index (χ1) is 23.6. The summed E-state index contributed by atoms with van der Waals surface area (Å²) in [5.41, 5.74) is 3.95. The van der Waals surface area contributed by atoms with Gasteiger partial charge in [-0.1, -0.05) is 60.7 Å². The molecule has 3 N–H and O–H groups in total. The molecular formula is C38H47N3O8. The first-order valence-electron chi connectivity index (χ1n) is 16.8. The van der Waals surface area contributed by atoms with Gasteiger partial charge in [-0.2, -0.15) is 0 Å². The van der Waals surface area contributed by atoms with E-state index in [2.05, 4.69) is 10.6 Å². The number of rotatable bonds is 14. The van der Waals surface area contributed by atoms with Crippen molar-refractivity contribution in [2.24, 2.45) is 5.92 Å². The van der Waals surface area contributed by atoms with Gasteiger partial charge in [-0.3, -0.25) is 9.59 Å². The predicted octanol–water partition coefficient (Wildman–Crippen LogP) is 3.96. The van der Waals surface area contributed by atoms with Gasteiger partial charge in [0.2, 0.25) is 0 Å². The van der Waals surface area contributed by atoms with Gasteiger partial charge in [0.15, 0.2) is 12.9 Å². The monoisotopic (exact) mass is 673 g/mol. The largest absolute Gasteiger partial charge is 0.483 e. The summed E-state index contributed by atoms with van der Waals surface area (Å²) in [6.07, 6.45) is -0.731. The minimum atomic E-state index is -1.03. The molecule has 49 heavy (non-hydrogen) atoms. The number of carbonyl (C=O) groups is 3. The number of ether oxygens (including phenoxy) is 4. The van der Waals surface area contributed by atoms with E-state index < -0.39 is 30.4 Å². The molecule has 262 valence electrons. The molecule has 3 amide bonds. The van der Waals surface area contributed by atoms with Gasteiger partial charge in [-0.05, 0) is 73.9 Å². The van der Waals surface area contributed by atoms with E-state index in [0.717, 1.165) is 28.7 Å². The van der Waals surface area contributed by atoms with Crippen molar-refractivity contribution in [2.45, 2.75) is 70.1 Å². The van der Waals surface area contributed by atoms with E-state index in [4.69, 9.17) is 18.9 Å². The van der Waals surface area contributed by atoms with Crippen molar-refractivity contribution in [3.8, 4) is 5.75 Å². The second-order valence-corrected chi connectivity index (χ2v) is 13.1. The number of fused-ring (bicyclic) bond motifs is 1. The molecule has 0 aromatic heterocycles. The van der Waals surface area contributed by atoms with Crippen LogP contribution in [-0.4, -0.2) is 92.4 Å². The Bertz CT molecular complexity index is 1540. The number of hydrogen-bond donors (Lipinski definition) is 3. The Labute approximate surface area is 287 Å². The van der Waals surface area contributed by atoms with E-state index in [0.29, 0.717) is 30.8 Å². The third-order valence-electron chi connectivity index (χ3n) is 8.99. The van der Waals surface area contributed by atoms with Crippen molar-refractivity contribution < 1.29 is 38.4 Å². The summed E-state index contributed by atoms with van der Waals surface area (Å²) in [7, 11) is 3.39. The molecule has 2 fully saturated rings. The number of alkyl carbamates (subject to hydrolysis) is 1. The van der Waals surface area contributed by atoms with Crippen molar-refractivity contribution in [3.05, 3.63) is 101 Å². The van der Waals surface area contributed by atoms with Gasteiger partial charge in [-0.25, -0.2) is 4.79 Å². The molecule has 0 bridgehead atoms. The maximum atomic E-state index is 13.3. The van der Waals surface area contributed by atoms with E-state index in [1.54, 1.807) is 26.2 Å². The van der Waals surface area contributed by atoms with Gasteiger partial charge < -0.3 is 39.6 Å². The van der Waals surface area contributed by atoms with Crippen molar-refractivity contribution >= 4 is 17.9 Å². The number of nitrogens with one attached hydrogen (secondary N) is 2. The summed E-state index contributed by atoms with van der Waals surface area (Å²) in [5, 5.41) is 17.6. The summed E-state index contributed by atoms with van der Waals surface area (Å²) < 4.78 is 22.9. The molecule has 2 aliphatic rings. The lowest BCUT2D eigenvalue weighted by Crippen LogP contribution is -2.50. The van der Waals surface area contributed by atoms with Gasteiger partial charge in [0.05, 0.1) is 31.3 Å². The topological polar surface area (TPSA) is 136 Å². The van der Waals surface area contributed by atoms with Crippen LogP contribution in [0.1, 0.15) is 45.5 Å². The first-order valence-corrected chi connectivity index (χ1v) is 16.8. The smallest absolute Gasteiger partial charge is 0.407 e. The fraction of sp³-hybridized carbons (Fsp3) is 0.447. The van der Waals surface area contributed by atoms with Crippen molar-refractivity contribution in [1.82, 2.24) is 15.5 Å². The Morgan fingerprint density at radius 2 is 1.55 bits per heavy atom. The zero-order valence-corrected chi connectivity index (χ0v) is 28.6. The molecule has 0 spiro atoms. The molecule has 0 unspecified atom stereocenters. The number of aryl methyl sites for hydroxylation is 2. The van der Waals surface area contributed by atoms with E-state index in [9.17, 15) is 19.5 Å². The highest BCUT2D eigenvalue weighted by Gasteiger charge is 2.44. The molecule has 2 saturated heterocycles. The predicted molar refractivity (Wildman–Crippen MR) is 183 cm³/mol. The molecule has 2 heterocycles. The molecule has 0 aliphatic carbocycles. The summed E-state index contributed by atoms with van der Waals surface area (Å²) in [4.78, 5) is 40.5. The average molecular weight is 674 g/mol.